The zero-order valence-corrected chi connectivity index (χ0v) is 20.9. The van der Waals surface area contributed by atoms with Gasteiger partial charge < -0.3 is 26.6 Å². The Hall–Kier alpha value is -2.78. The summed E-state index contributed by atoms with van der Waals surface area (Å²) < 4.78 is 1.93. The minimum absolute atomic E-state index is 0.0569. The third-order valence-corrected chi connectivity index (χ3v) is 6.68. The first-order valence-electron chi connectivity index (χ1n) is 11.9. The second-order valence-electron chi connectivity index (χ2n) is 9.63. The van der Waals surface area contributed by atoms with Crippen molar-refractivity contribution in [1.29, 1.82) is 0 Å². The highest BCUT2D eigenvalue weighted by atomic mass is 35.5. The molecular weight excluding hydrogens is 454 g/mol. The standard InChI is InChI=1S/C24H34ClN7O2/c1-12(2)18-19-20(32(31-18)13(3)4)23(27-11-14-9-10-15(25)22(34)21(14)33)30-24(29-19)28-17-8-6-5-7-16(17)26/h9-10,12-13,16-17,33-34H,5-8,11,26H2,1-4H3,(H2,27,28,29,30). The monoisotopic (exact) mass is 487 g/mol. The van der Waals surface area contributed by atoms with Crippen molar-refractivity contribution >= 4 is 34.4 Å². The van der Waals surface area contributed by atoms with Crippen LogP contribution >= 0.6 is 11.6 Å². The maximum absolute atomic E-state index is 10.3. The predicted molar refractivity (Wildman–Crippen MR) is 136 cm³/mol. The van der Waals surface area contributed by atoms with Crippen molar-refractivity contribution in [2.75, 3.05) is 10.6 Å². The molecule has 2 atom stereocenters. The number of phenols is 2. The lowest BCUT2D eigenvalue weighted by Crippen LogP contribution is -2.43. The van der Waals surface area contributed by atoms with Gasteiger partial charge in [-0.05, 0) is 38.7 Å². The van der Waals surface area contributed by atoms with E-state index in [2.05, 4.69) is 38.3 Å². The summed E-state index contributed by atoms with van der Waals surface area (Å²) in [5.41, 5.74) is 9.35. The summed E-state index contributed by atoms with van der Waals surface area (Å²) in [4.78, 5) is 9.69. The van der Waals surface area contributed by atoms with Crippen LogP contribution in [-0.2, 0) is 6.54 Å². The molecule has 184 valence electrons. The van der Waals surface area contributed by atoms with Gasteiger partial charge in [0.25, 0.3) is 0 Å². The Kier molecular flexibility index (Phi) is 7.04. The van der Waals surface area contributed by atoms with Crippen LogP contribution in [0.25, 0.3) is 11.0 Å². The number of rotatable bonds is 7. The molecule has 10 heteroatoms. The van der Waals surface area contributed by atoms with Crippen LogP contribution in [0, 0.1) is 0 Å². The number of nitrogens with one attached hydrogen (secondary N) is 2. The Morgan fingerprint density at radius 3 is 2.53 bits per heavy atom. The number of hydrogen-bond acceptors (Lipinski definition) is 8. The van der Waals surface area contributed by atoms with E-state index in [9.17, 15) is 10.2 Å². The molecule has 0 aliphatic heterocycles. The van der Waals surface area contributed by atoms with Crippen LogP contribution < -0.4 is 16.4 Å². The van der Waals surface area contributed by atoms with Crippen molar-refractivity contribution in [1.82, 2.24) is 19.7 Å². The van der Waals surface area contributed by atoms with Crippen molar-refractivity contribution in [3.63, 3.8) is 0 Å². The number of halogens is 1. The summed E-state index contributed by atoms with van der Waals surface area (Å²) >= 11 is 5.91. The maximum atomic E-state index is 10.3. The molecule has 34 heavy (non-hydrogen) atoms. The Morgan fingerprint density at radius 2 is 1.85 bits per heavy atom. The lowest BCUT2D eigenvalue weighted by atomic mass is 9.91. The number of anilines is 2. The first kappa shape index (κ1) is 24.3. The highest BCUT2D eigenvalue weighted by molar-refractivity contribution is 6.32. The second-order valence-corrected chi connectivity index (χ2v) is 10.0. The van der Waals surface area contributed by atoms with Crippen LogP contribution in [0.5, 0.6) is 11.5 Å². The lowest BCUT2D eigenvalue weighted by Gasteiger charge is -2.29. The van der Waals surface area contributed by atoms with E-state index in [1.54, 1.807) is 12.1 Å². The molecule has 1 aliphatic carbocycles. The molecule has 1 aliphatic rings. The van der Waals surface area contributed by atoms with Gasteiger partial charge in [-0.1, -0.05) is 44.4 Å². The van der Waals surface area contributed by atoms with Crippen LogP contribution in [0.4, 0.5) is 11.8 Å². The Morgan fingerprint density at radius 1 is 1.12 bits per heavy atom. The van der Waals surface area contributed by atoms with Crippen LogP contribution in [0.3, 0.4) is 0 Å². The third-order valence-electron chi connectivity index (χ3n) is 6.37. The Balaban J connectivity index is 1.78. The summed E-state index contributed by atoms with van der Waals surface area (Å²) in [6, 6.07) is 3.48. The van der Waals surface area contributed by atoms with Gasteiger partial charge in [0.1, 0.15) is 11.0 Å². The minimum Gasteiger partial charge on any atom is -0.504 e. The number of aromatic hydroxyl groups is 2. The average molecular weight is 488 g/mol. The zero-order chi connectivity index (χ0) is 24.6. The Bertz CT molecular complexity index is 1180. The molecule has 1 aromatic carbocycles. The van der Waals surface area contributed by atoms with Gasteiger partial charge >= 0.3 is 0 Å². The van der Waals surface area contributed by atoms with Gasteiger partial charge in [0.15, 0.2) is 17.3 Å². The van der Waals surface area contributed by atoms with Gasteiger partial charge in [0, 0.05) is 30.2 Å². The summed E-state index contributed by atoms with van der Waals surface area (Å²) in [5.74, 6) is 0.686. The van der Waals surface area contributed by atoms with Crippen molar-refractivity contribution in [3.05, 3.63) is 28.4 Å². The molecule has 4 rings (SSSR count). The number of phenolic OH excluding ortho intramolecular Hbond substituents is 2. The molecule has 3 aromatic rings. The number of hydrogen-bond donors (Lipinski definition) is 5. The Labute approximate surface area is 204 Å². The summed E-state index contributed by atoms with van der Waals surface area (Å²) in [6.07, 6.45) is 4.22. The second kappa shape index (κ2) is 9.84. The molecule has 2 unspecified atom stereocenters. The molecule has 1 saturated carbocycles. The maximum Gasteiger partial charge on any atom is 0.225 e. The molecule has 2 aromatic heterocycles. The SMILES string of the molecule is CC(C)c1nn(C(C)C)c2c(NCc3ccc(Cl)c(O)c3O)nc(NC3CCCCC3N)nc12. The smallest absolute Gasteiger partial charge is 0.225 e. The van der Waals surface area contributed by atoms with Gasteiger partial charge in [-0.3, -0.25) is 4.68 Å². The summed E-state index contributed by atoms with van der Waals surface area (Å²) in [6.45, 7) is 8.55. The largest absolute Gasteiger partial charge is 0.504 e. The van der Waals surface area contributed by atoms with Gasteiger partial charge in [-0.2, -0.15) is 10.1 Å². The molecule has 2 heterocycles. The van der Waals surface area contributed by atoms with Crippen molar-refractivity contribution < 1.29 is 10.2 Å². The molecule has 1 fully saturated rings. The molecule has 0 bridgehead atoms. The third kappa shape index (κ3) is 4.72. The number of nitrogens with two attached hydrogens (primary N) is 1. The van der Waals surface area contributed by atoms with E-state index in [0.29, 0.717) is 17.3 Å². The number of fused-ring (bicyclic) bond motifs is 1. The highest BCUT2D eigenvalue weighted by Gasteiger charge is 2.26. The molecule has 6 N–H and O–H groups in total. The fraction of sp³-hybridized carbons (Fsp3) is 0.542. The molecule has 0 amide bonds. The molecule has 0 radical (unpaired) electrons. The average Bonchev–Trinajstić information content (AvgIpc) is 3.19. The van der Waals surface area contributed by atoms with Gasteiger partial charge in [0.2, 0.25) is 5.95 Å². The van der Waals surface area contributed by atoms with E-state index >= 15 is 0 Å². The topological polar surface area (TPSA) is 134 Å². The predicted octanol–water partition coefficient (Wildman–Crippen LogP) is 4.89. The van der Waals surface area contributed by atoms with E-state index < -0.39 is 0 Å². The van der Waals surface area contributed by atoms with E-state index in [1.165, 1.54) is 0 Å². The van der Waals surface area contributed by atoms with Crippen molar-refractivity contribution in [2.45, 2.75) is 84.0 Å². The van der Waals surface area contributed by atoms with E-state index in [4.69, 9.17) is 32.4 Å². The molecule has 0 spiro atoms. The van der Waals surface area contributed by atoms with Crippen LogP contribution in [0.1, 0.15) is 76.6 Å². The van der Waals surface area contributed by atoms with Crippen LogP contribution in [0.2, 0.25) is 5.02 Å². The first-order valence-corrected chi connectivity index (χ1v) is 12.3. The molecule has 9 nitrogen and oxygen atoms in total. The van der Waals surface area contributed by atoms with Gasteiger partial charge in [-0.15, -0.1) is 0 Å². The number of nitrogens with zero attached hydrogens (tertiary/aromatic N) is 4. The van der Waals surface area contributed by atoms with E-state index in [0.717, 1.165) is 42.4 Å². The van der Waals surface area contributed by atoms with E-state index in [1.807, 2.05) is 4.68 Å². The summed E-state index contributed by atoms with van der Waals surface area (Å²) in [7, 11) is 0. The lowest BCUT2D eigenvalue weighted by molar-refractivity contribution is 0.400. The van der Waals surface area contributed by atoms with Crippen molar-refractivity contribution in [2.24, 2.45) is 5.73 Å². The molecular formula is C24H34ClN7O2. The summed E-state index contributed by atoms with van der Waals surface area (Å²) in [5, 5.41) is 32.1. The number of benzene rings is 1. The highest BCUT2D eigenvalue weighted by Crippen LogP contribution is 2.37. The number of aromatic nitrogens is 4. The van der Waals surface area contributed by atoms with Crippen LogP contribution in [-0.4, -0.2) is 42.0 Å². The molecule has 0 saturated heterocycles. The normalized spacial score (nSPS) is 18.7. The quantitative estimate of drug-likeness (QED) is 0.297. The van der Waals surface area contributed by atoms with Crippen LogP contribution in [0.15, 0.2) is 12.1 Å². The van der Waals surface area contributed by atoms with E-state index in [-0.39, 0.29) is 47.1 Å². The zero-order valence-electron chi connectivity index (χ0n) is 20.1. The fourth-order valence-electron chi connectivity index (χ4n) is 4.44. The van der Waals surface area contributed by atoms with Gasteiger partial charge in [-0.25, -0.2) is 4.98 Å². The fourth-order valence-corrected chi connectivity index (χ4v) is 4.59. The van der Waals surface area contributed by atoms with Gasteiger partial charge in [0.05, 0.1) is 10.7 Å². The van der Waals surface area contributed by atoms with Crippen molar-refractivity contribution in [3.8, 4) is 11.5 Å². The first-order chi connectivity index (χ1) is 16.2. The minimum atomic E-state index is -0.336.